The molecule has 0 aromatic carbocycles. The quantitative estimate of drug-likeness (QED) is 0.355. The monoisotopic (exact) mass is 364 g/mol. The maximum absolute atomic E-state index is 12.3. The number of guanidine groups is 1. The number of rotatable bonds is 9. The maximum atomic E-state index is 12.3. The van der Waals surface area contributed by atoms with E-state index in [0.717, 1.165) is 0 Å². The molecule has 3 N–H and O–H groups in total. The van der Waals surface area contributed by atoms with Gasteiger partial charge in [0, 0.05) is 13.1 Å². The second-order valence-corrected chi connectivity index (χ2v) is 6.08. The van der Waals surface area contributed by atoms with Crippen LogP contribution in [-0.4, -0.2) is 61.9 Å². The van der Waals surface area contributed by atoms with Gasteiger partial charge in [-0.1, -0.05) is 0 Å². The van der Waals surface area contributed by atoms with Crippen LogP contribution >= 0.6 is 0 Å². The lowest BCUT2D eigenvalue weighted by Crippen LogP contribution is -2.40. The van der Waals surface area contributed by atoms with Crippen molar-refractivity contribution in [2.45, 2.75) is 32.0 Å². The molecule has 0 saturated heterocycles. The molecule has 6 nitrogen and oxygen atoms in total. The molecule has 0 bridgehead atoms. The van der Waals surface area contributed by atoms with Gasteiger partial charge in [0.2, 0.25) is 0 Å². The van der Waals surface area contributed by atoms with Gasteiger partial charge in [-0.15, -0.1) is 0 Å². The zero-order chi connectivity index (χ0) is 18.9. The third-order valence-corrected chi connectivity index (χ3v) is 3.40. The Labute approximate surface area is 146 Å². The largest absolute Gasteiger partial charge is 0.466 e. The summed E-state index contributed by atoms with van der Waals surface area (Å²) in [5.74, 6) is 0.911. The van der Waals surface area contributed by atoms with Crippen LogP contribution in [0.5, 0.6) is 0 Å². The fraction of sp³-hybridized carbons (Fsp3) is 0.688. The van der Waals surface area contributed by atoms with Crippen LogP contribution in [0.25, 0.3) is 0 Å². The summed E-state index contributed by atoms with van der Waals surface area (Å²) in [5, 5.41) is 16.5. The summed E-state index contributed by atoms with van der Waals surface area (Å²) in [4.78, 5) is 5.54. The van der Waals surface area contributed by atoms with Gasteiger partial charge in [-0.05, 0) is 46.0 Å². The minimum atomic E-state index is -4.18. The second kappa shape index (κ2) is 9.67. The fourth-order valence-electron chi connectivity index (χ4n) is 2.18. The van der Waals surface area contributed by atoms with E-state index in [1.54, 1.807) is 19.1 Å². The van der Waals surface area contributed by atoms with E-state index >= 15 is 0 Å². The molecule has 25 heavy (non-hydrogen) atoms. The number of nitrogens with zero attached hydrogens (tertiary/aromatic N) is 2. The fourth-order valence-corrected chi connectivity index (χ4v) is 2.18. The third kappa shape index (κ3) is 8.78. The summed E-state index contributed by atoms with van der Waals surface area (Å²) < 4.78 is 42.0. The molecule has 1 atom stereocenters. The van der Waals surface area contributed by atoms with Gasteiger partial charge in [0.15, 0.2) is 5.96 Å². The van der Waals surface area contributed by atoms with Crippen molar-refractivity contribution in [3.8, 4) is 0 Å². The first-order valence-electron chi connectivity index (χ1n) is 8.18. The van der Waals surface area contributed by atoms with Crippen molar-refractivity contribution in [1.82, 2.24) is 15.5 Å². The first-order chi connectivity index (χ1) is 11.6. The molecule has 0 spiro atoms. The number of alkyl halides is 3. The van der Waals surface area contributed by atoms with Crippen molar-refractivity contribution >= 4 is 5.96 Å². The molecule has 1 aromatic heterocycles. The third-order valence-electron chi connectivity index (χ3n) is 3.40. The van der Waals surface area contributed by atoms with Crippen molar-refractivity contribution in [3.63, 3.8) is 0 Å². The molecule has 0 aliphatic carbocycles. The summed E-state index contributed by atoms with van der Waals surface area (Å²) >= 11 is 0. The summed E-state index contributed by atoms with van der Waals surface area (Å²) in [6.07, 6.45) is -2.17. The molecule has 0 saturated carbocycles. The van der Waals surface area contributed by atoms with E-state index in [1.165, 1.54) is 18.2 Å². The Morgan fingerprint density at radius 2 is 2.08 bits per heavy atom. The van der Waals surface area contributed by atoms with Gasteiger partial charge in [0.05, 0.1) is 19.4 Å². The lowest BCUT2D eigenvalue weighted by Gasteiger charge is -2.20. The van der Waals surface area contributed by atoms with Gasteiger partial charge in [0.1, 0.15) is 11.4 Å². The van der Waals surface area contributed by atoms with Crippen molar-refractivity contribution in [1.29, 1.82) is 0 Å². The highest BCUT2D eigenvalue weighted by Gasteiger charge is 2.29. The summed E-state index contributed by atoms with van der Waals surface area (Å²) in [5.41, 5.74) is -1.24. The van der Waals surface area contributed by atoms with Crippen molar-refractivity contribution in [2.75, 3.05) is 39.8 Å². The molecule has 144 valence electrons. The van der Waals surface area contributed by atoms with Crippen LogP contribution in [0.1, 0.15) is 26.0 Å². The molecule has 1 unspecified atom stereocenters. The van der Waals surface area contributed by atoms with E-state index < -0.39 is 18.3 Å². The van der Waals surface area contributed by atoms with Crippen molar-refractivity contribution in [2.24, 2.45) is 4.99 Å². The lowest BCUT2D eigenvalue weighted by molar-refractivity contribution is -0.143. The first kappa shape index (κ1) is 21.3. The van der Waals surface area contributed by atoms with Crippen LogP contribution in [-0.2, 0) is 5.60 Å². The Balaban J connectivity index is 2.43. The minimum Gasteiger partial charge on any atom is -0.466 e. The van der Waals surface area contributed by atoms with Crippen LogP contribution < -0.4 is 10.6 Å². The molecule has 1 heterocycles. The highest BCUT2D eigenvalue weighted by Crippen LogP contribution is 2.21. The molecule has 0 aliphatic heterocycles. The molecule has 1 aromatic rings. The summed E-state index contributed by atoms with van der Waals surface area (Å²) in [6.45, 7) is 4.08. The zero-order valence-corrected chi connectivity index (χ0v) is 14.9. The van der Waals surface area contributed by atoms with Gasteiger partial charge in [-0.3, -0.25) is 4.90 Å². The van der Waals surface area contributed by atoms with E-state index in [4.69, 9.17) is 4.42 Å². The van der Waals surface area contributed by atoms with Crippen molar-refractivity contribution < 1.29 is 22.7 Å². The normalized spacial score (nSPS) is 15.3. The Morgan fingerprint density at radius 3 is 2.64 bits per heavy atom. The number of hydrogen-bond acceptors (Lipinski definition) is 4. The maximum Gasteiger partial charge on any atom is 0.401 e. The number of furan rings is 1. The van der Waals surface area contributed by atoms with Crippen LogP contribution in [0.4, 0.5) is 13.2 Å². The molecule has 0 radical (unpaired) electrons. The second-order valence-electron chi connectivity index (χ2n) is 6.08. The number of aliphatic imine (C=N–C) groups is 1. The minimum absolute atomic E-state index is 0.0871. The number of hydrogen-bond donors (Lipinski definition) is 3. The molecule has 9 heteroatoms. The molecule has 0 fully saturated rings. The first-order valence-corrected chi connectivity index (χ1v) is 8.18. The van der Waals surface area contributed by atoms with E-state index in [1.807, 2.05) is 6.92 Å². The Bertz CT molecular complexity index is 516. The lowest BCUT2D eigenvalue weighted by atomic mass is 10.0. The Morgan fingerprint density at radius 1 is 1.36 bits per heavy atom. The van der Waals surface area contributed by atoms with Gasteiger partial charge in [-0.2, -0.15) is 13.2 Å². The van der Waals surface area contributed by atoms with Crippen LogP contribution in [0.3, 0.4) is 0 Å². The smallest absolute Gasteiger partial charge is 0.401 e. The SMILES string of the molecule is CCNC(=NCC(C)(O)c1ccco1)NCCCN(C)CC(F)(F)F. The zero-order valence-electron chi connectivity index (χ0n) is 14.9. The standard InChI is InChI=1S/C16H27F3N4O2/c1-4-20-14(21-8-6-9-23(3)12-16(17,18)19)22-11-15(2,24)13-7-5-10-25-13/h5,7,10,24H,4,6,8-9,11-12H2,1-3H3,(H2,20,21,22). The topological polar surface area (TPSA) is 73.0 Å². The van der Waals surface area contributed by atoms with Gasteiger partial charge < -0.3 is 20.2 Å². The van der Waals surface area contributed by atoms with Crippen LogP contribution in [0.15, 0.2) is 27.8 Å². The molecule has 1 rings (SSSR count). The Hall–Kier alpha value is -1.74. The molecular formula is C16H27F3N4O2. The number of aliphatic hydroxyl groups is 1. The van der Waals surface area contributed by atoms with E-state index in [-0.39, 0.29) is 6.54 Å². The van der Waals surface area contributed by atoms with E-state index in [2.05, 4.69) is 15.6 Å². The average molecular weight is 364 g/mol. The number of nitrogens with one attached hydrogen (secondary N) is 2. The Kier molecular flexibility index (Phi) is 8.24. The highest BCUT2D eigenvalue weighted by atomic mass is 19.4. The molecular weight excluding hydrogens is 337 g/mol. The van der Waals surface area contributed by atoms with Crippen LogP contribution in [0.2, 0.25) is 0 Å². The van der Waals surface area contributed by atoms with E-state index in [0.29, 0.717) is 37.8 Å². The molecule has 0 amide bonds. The van der Waals surface area contributed by atoms with Crippen molar-refractivity contribution in [3.05, 3.63) is 24.2 Å². The predicted octanol–water partition coefficient (Wildman–Crippen LogP) is 1.93. The summed E-state index contributed by atoms with van der Waals surface area (Å²) in [7, 11) is 1.44. The van der Waals surface area contributed by atoms with Gasteiger partial charge >= 0.3 is 6.18 Å². The van der Waals surface area contributed by atoms with Gasteiger partial charge in [0.25, 0.3) is 0 Å². The van der Waals surface area contributed by atoms with Gasteiger partial charge in [-0.25, -0.2) is 4.99 Å². The van der Waals surface area contributed by atoms with E-state index in [9.17, 15) is 18.3 Å². The summed E-state index contributed by atoms with van der Waals surface area (Å²) in [6, 6.07) is 3.36. The average Bonchev–Trinajstić information content (AvgIpc) is 3.02. The highest BCUT2D eigenvalue weighted by molar-refractivity contribution is 5.79. The molecule has 0 aliphatic rings. The number of halogens is 3. The van der Waals surface area contributed by atoms with Crippen LogP contribution in [0, 0.1) is 0 Å². The predicted molar refractivity (Wildman–Crippen MR) is 90.4 cm³/mol.